The van der Waals surface area contributed by atoms with E-state index in [-0.39, 0.29) is 5.69 Å². The first-order chi connectivity index (χ1) is 13.7. The van der Waals surface area contributed by atoms with Gasteiger partial charge in [0, 0.05) is 5.69 Å². The van der Waals surface area contributed by atoms with Gasteiger partial charge in [0.25, 0.3) is 0 Å². The van der Waals surface area contributed by atoms with Crippen molar-refractivity contribution >= 4 is 5.97 Å². The van der Waals surface area contributed by atoms with Crippen LogP contribution in [-0.2, 0) is 12.8 Å². The maximum absolute atomic E-state index is 11.5. The molecular formula is C24H24N2O2. The van der Waals surface area contributed by atoms with Gasteiger partial charge in [-0.3, -0.25) is 4.57 Å². The zero-order chi connectivity index (χ0) is 19.1. The van der Waals surface area contributed by atoms with Crippen molar-refractivity contribution in [2.45, 2.75) is 38.5 Å². The van der Waals surface area contributed by atoms with Gasteiger partial charge in [0.1, 0.15) is 5.82 Å². The Bertz CT molecular complexity index is 1020. The van der Waals surface area contributed by atoms with E-state index >= 15 is 0 Å². The predicted octanol–water partition coefficient (Wildman–Crippen LogP) is 5.14. The molecule has 2 aromatic heterocycles. The monoisotopic (exact) mass is 372 g/mol. The van der Waals surface area contributed by atoms with Crippen molar-refractivity contribution in [1.82, 2.24) is 9.55 Å². The highest BCUT2D eigenvalue weighted by Gasteiger charge is 2.32. The second-order valence-corrected chi connectivity index (χ2v) is 8.08. The standard InChI is InChI=1S/C24H24N2O2/c27-24(28)20-10-5-11-23(25-20)26-21-13-12-18(16-8-4-9-16)14-19(21)15-22(26)17-6-2-1-3-7-17/h1-3,5-7,10-11,15-16,18H,4,8-9,12-14H2,(H,27,28). The Balaban J connectivity index is 1.64. The van der Waals surface area contributed by atoms with Crippen molar-refractivity contribution in [3.63, 3.8) is 0 Å². The fraction of sp³-hybridized carbons (Fsp3) is 0.333. The number of aromatic carboxylic acids is 1. The summed E-state index contributed by atoms with van der Waals surface area (Å²) in [7, 11) is 0. The van der Waals surface area contributed by atoms with Gasteiger partial charge in [-0.25, -0.2) is 9.78 Å². The third-order valence-electron chi connectivity index (χ3n) is 6.50. The zero-order valence-electron chi connectivity index (χ0n) is 15.8. The molecule has 1 fully saturated rings. The number of aromatic nitrogens is 2. The summed E-state index contributed by atoms with van der Waals surface area (Å²) in [4.78, 5) is 15.9. The number of pyridine rings is 1. The molecule has 142 valence electrons. The van der Waals surface area contributed by atoms with Gasteiger partial charge >= 0.3 is 5.97 Å². The Kier molecular flexibility index (Phi) is 4.27. The minimum atomic E-state index is -0.991. The molecule has 0 aliphatic heterocycles. The van der Waals surface area contributed by atoms with Crippen LogP contribution in [0.15, 0.2) is 54.6 Å². The molecule has 0 saturated heterocycles. The highest BCUT2D eigenvalue weighted by Crippen LogP contribution is 2.42. The van der Waals surface area contributed by atoms with E-state index in [4.69, 9.17) is 0 Å². The maximum atomic E-state index is 11.5. The summed E-state index contributed by atoms with van der Waals surface area (Å²) in [5.41, 5.74) is 5.03. The van der Waals surface area contributed by atoms with Crippen LogP contribution in [0.4, 0.5) is 0 Å². The van der Waals surface area contributed by atoms with Crippen LogP contribution >= 0.6 is 0 Å². The van der Waals surface area contributed by atoms with E-state index in [1.807, 2.05) is 24.3 Å². The molecule has 0 amide bonds. The van der Waals surface area contributed by atoms with Crippen molar-refractivity contribution in [3.05, 3.63) is 71.5 Å². The van der Waals surface area contributed by atoms with Crippen molar-refractivity contribution in [3.8, 4) is 17.1 Å². The molecular weight excluding hydrogens is 348 g/mol. The third-order valence-corrected chi connectivity index (χ3v) is 6.50. The van der Waals surface area contributed by atoms with Gasteiger partial charge < -0.3 is 5.11 Å². The van der Waals surface area contributed by atoms with E-state index < -0.39 is 5.97 Å². The molecule has 1 atom stereocenters. The smallest absolute Gasteiger partial charge is 0.354 e. The molecule has 0 bridgehead atoms. The minimum Gasteiger partial charge on any atom is -0.477 e. The molecule has 0 spiro atoms. The molecule has 2 heterocycles. The van der Waals surface area contributed by atoms with Crippen LogP contribution in [0.3, 0.4) is 0 Å². The van der Waals surface area contributed by atoms with Gasteiger partial charge in [-0.1, -0.05) is 55.7 Å². The average Bonchev–Trinajstić information content (AvgIpc) is 3.06. The summed E-state index contributed by atoms with van der Waals surface area (Å²) in [6.45, 7) is 0. The molecule has 28 heavy (non-hydrogen) atoms. The lowest BCUT2D eigenvalue weighted by molar-refractivity contribution is 0.0690. The summed E-state index contributed by atoms with van der Waals surface area (Å²) in [6.07, 6.45) is 7.53. The fourth-order valence-corrected chi connectivity index (χ4v) is 4.82. The van der Waals surface area contributed by atoms with E-state index in [0.29, 0.717) is 5.82 Å². The van der Waals surface area contributed by atoms with Crippen LogP contribution in [0.1, 0.15) is 47.4 Å². The lowest BCUT2D eigenvalue weighted by atomic mass is 9.70. The number of benzene rings is 1. The Hall–Kier alpha value is -2.88. The quantitative estimate of drug-likeness (QED) is 0.690. The first-order valence-corrected chi connectivity index (χ1v) is 10.2. The fourth-order valence-electron chi connectivity index (χ4n) is 4.82. The van der Waals surface area contributed by atoms with E-state index in [2.05, 4.69) is 27.8 Å². The lowest BCUT2D eigenvalue weighted by Crippen LogP contribution is -2.27. The predicted molar refractivity (Wildman–Crippen MR) is 109 cm³/mol. The van der Waals surface area contributed by atoms with Crippen LogP contribution in [0.25, 0.3) is 17.1 Å². The number of hydrogen-bond donors (Lipinski definition) is 1. The number of nitrogens with zero attached hydrogens (tertiary/aromatic N) is 2. The SMILES string of the molecule is O=C(O)c1cccc(-n2c(-c3ccccc3)cc3c2CCC(C2CCC2)C3)n1. The van der Waals surface area contributed by atoms with Crippen LogP contribution in [-0.4, -0.2) is 20.6 Å². The van der Waals surface area contributed by atoms with E-state index in [1.54, 1.807) is 12.1 Å². The Labute approximate surface area is 164 Å². The summed E-state index contributed by atoms with van der Waals surface area (Å²) in [6, 6.07) is 17.9. The Morgan fingerprint density at radius 1 is 1.00 bits per heavy atom. The van der Waals surface area contributed by atoms with Crippen LogP contribution < -0.4 is 0 Å². The molecule has 4 heteroatoms. The molecule has 5 rings (SSSR count). The Morgan fingerprint density at radius 3 is 2.54 bits per heavy atom. The molecule has 1 aromatic carbocycles. The number of carbonyl (C=O) groups is 1. The van der Waals surface area contributed by atoms with Gasteiger partial charge in [0.2, 0.25) is 0 Å². The summed E-state index contributed by atoms with van der Waals surface area (Å²) < 4.78 is 2.19. The van der Waals surface area contributed by atoms with E-state index in [1.165, 1.54) is 36.9 Å². The highest BCUT2D eigenvalue weighted by atomic mass is 16.4. The van der Waals surface area contributed by atoms with E-state index in [9.17, 15) is 9.90 Å². The normalized spacial score (nSPS) is 19.1. The summed E-state index contributed by atoms with van der Waals surface area (Å²) in [5, 5.41) is 9.39. The number of carboxylic acid groups (broad SMARTS) is 1. The second kappa shape index (κ2) is 6.93. The van der Waals surface area contributed by atoms with Crippen LogP contribution in [0.5, 0.6) is 0 Å². The first-order valence-electron chi connectivity index (χ1n) is 10.2. The molecule has 3 aromatic rings. The van der Waals surface area contributed by atoms with Crippen molar-refractivity contribution in [2.24, 2.45) is 11.8 Å². The molecule has 1 N–H and O–H groups in total. The first kappa shape index (κ1) is 17.2. The van der Waals surface area contributed by atoms with Gasteiger partial charge in [-0.2, -0.15) is 0 Å². The molecule has 1 unspecified atom stereocenters. The van der Waals surface area contributed by atoms with Crippen LogP contribution in [0.2, 0.25) is 0 Å². The van der Waals surface area contributed by atoms with Gasteiger partial charge in [-0.05, 0) is 60.4 Å². The zero-order valence-corrected chi connectivity index (χ0v) is 15.8. The Morgan fingerprint density at radius 2 is 1.82 bits per heavy atom. The minimum absolute atomic E-state index is 0.0853. The van der Waals surface area contributed by atoms with Crippen molar-refractivity contribution < 1.29 is 9.90 Å². The van der Waals surface area contributed by atoms with Gasteiger partial charge in [0.15, 0.2) is 5.69 Å². The third kappa shape index (κ3) is 2.93. The van der Waals surface area contributed by atoms with Crippen molar-refractivity contribution in [2.75, 3.05) is 0 Å². The molecule has 2 aliphatic carbocycles. The highest BCUT2D eigenvalue weighted by molar-refractivity contribution is 5.85. The van der Waals surface area contributed by atoms with Gasteiger partial charge in [0.05, 0.1) is 5.69 Å². The largest absolute Gasteiger partial charge is 0.477 e. The van der Waals surface area contributed by atoms with Gasteiger partial charge in [-0.15, -0.1) is 0 Å². The molecule has 1 saturated carbocycles. The summed E-state index contributed by atoms with van der Waals surface area (Å²) >= 11 is 0. The van der Waals surface area contributed by atoms with Crippen molar-refractivity contribution in [1.29, 1.82) is 0 Å². The number of hydrogen-bond acceptors (Lipinski definition) is 2. The number of rotatable bonds is 4. The summed E-state index contributed by atoms with van der Waals surface area (Å²) in [5.74, 6) is 1.39. The maximum Gasteiger partial charge on any atom is 0.354 e. The van der Waals surface area contributed by atoms with Crippen LogP contribution in [0, 0.1) is 11.8 Å². The molecule has 4 nitrogen and oxygen atoms in total. The number of fused-ring (bicyclic) bond motifs is 1. The topological polar surface area (TPSA) is 55.1 Å². The molecule has 0 radical (unpaired) electrons. The lowest BCUT2D eigenvalue weighted by Gasteiger charge is -2.36. The second-order valence-electron chi connectivity index (χ2n) is 8.08. The molecule has 2 aliphatic rings. The average molecular weight is 372 g/mol. The van der Waals surface area contributed by atoms with E-state index in [0.717, 1.165) is 35.9 Å². The number of carboxylic acids is 1.